The fourth-order valence-electron chi connectivity index (χ4n) is 2.82. The second-order valence-electron chi connectivity index (χ2n) is 7.20. The lowest BCUT2D eigenvalue weighted by Gasteiger charge is -2.15. The Bertz CT molecular complexity index is 1170. The minimum Gasteiger partial charge on any atom is -0.463 e. The van der Waals surface area contributed by atoms with Crippen LogP contribution in [0.2, 0.25) is 0 Å². The van der Waals surface area contributed by atoms with Crippen LogP contribution in [0.5, 0.6) is 5.88 Å². The van der Waals surface area contributed by atoms with Crippen molar-refractivity contribution in [1.29, 1.82) is 0 Å². The number of hydrogen-bond acceptors (Lipinski definition) is 5. The number of aromatic nitrogens is 2. The normalized spacial score (nSPS) is 11.5. The first-order chi connectivity index (χ1) is 14.7. The molecule has 1 heterocycles. The second-order valence-corrected chi connectivity index (χ2v) is 7.20. The predicted molar refractivity (Wildman–Crippen MR) is 119 cm³/mol. The van der Waals surface area contributed by atoms with E-state index in [1.165, 1.54) is 23.7 Å². The molecular weight excluding hydrogens is 396 g/mol. The zero-order chi connectivity index (χ0) is 22.5. The van der Waals surface area contributed by atoms with E-state index in [2.05, 4.69) is 15.7 Å². The number of aryl methyl sites for hydroxylation is 2. The van der Waals surface area contributed by atoms with Gasteiger partial charge in [0.25, 0.3) is 11.5 Å². The molecule has 3 aromatic rings. The summed E-state index contributed by atoms with van der Waals surface area (Å²) >= 11 is 0. The van der Waals surface area contributed by atoms with Gasteiger partial charge in [-0.25, -0.2) is 0 Å². The molecule has 8 nitrogen and oxygen atoms in total. The lowest BCUT2D eigenvalue weighted by atomic mass is 10.1. The van der Waals surface area contributed by atoms with Crippen molar-refractivity contribution in [3.05, 3.63) is 76.1 Å². The SMILES string of the molecule is CC(=O)Nc1ccc(NC(=O)[C@H](C)Oc2ccc(=O)n(-c3ccc(C)c(C)c3)n2)cc1. The first kappa shape index (κ1) is 21.8. The van der Waals surface area contributed by atoms with Crippen LogP contribution in [0, 0.1) is 13.8 Å². The van der Waals surface area contributed by atoms with Gasteiger partial charge in [0.2, 0.25) is 11.8 Å². The summed E-state index contributed by atoms with van der Waals surface area (Å²) in [6, 6.07) is 15.1. The Balaban J connectivity index is 1.70. The van der Waals surface area contributed by atoms with Gasteiger partial charge in [-0.2, -0.15) is 4.68 Å². The molecule has 0 aliphatic carbocycles. The van der Waals surface area contributed by atoms with E-state index in [0.717, 1.165) is 11.1 Å². The molecule has 3 rings (SSSR count). The number of benzene rings is 2. The minimum atomic E-state index is -0.853. The molecular formula is C23H24N4O4. The van der Waals surface area contributed by atoms with Gasteiger partial charge in [0, 0.05) is 30.4 Å². The van der Waals surface area contributed by atoms with E-state index in [4.69, 9.17) is 4.74 Å². The average molecular weight is 420 g/mol. The maximum absolute atomic E-state index is 12.5. The van der Waals surface area contributed by atoms with Gasteiger partial charge in [0.05, 0.1) is 5.69 Å². The van der Waals surface area contributed by atoms with E-state index in [0.29, 0.717) is 17.1 Å². The van der Waals surface area contributed by atoms with Gasteiger partial charge in [-0.3, -0.25) is 14.4 Å². The smallest absolute Gasteiger partial charge is 0.271 e. The van der Waals surface area contributed by atoms with E-state index in [1.807, 2.05) is 26.0 Å². The molecule has 1 atom stereocenters. The summed E-state index contributed by atoms with van der Waals surface area (Å²) in [5, 5.41) is 9.64. The first-order valence-corrected chi connectivity index (χ1v) is 9.76. The maximum Gasteiger partial charge on any atom is 0.271 e. The van der Waals surface area contributed by atoms with Crippen molar-refractivity contribution >= 4 is 23.2 Å². The Morgan fingerprint density at radius 3 is 2.19 bits per heavy atom. The van der Waals surface area contributed by atoms with Gasteiger partial charge in [-0.1, -0.05) is 6.07 Å². The number of hydrogen-bond donors (Lipinski definition) is 2. The Hall–Kier alpha value is -3.94. The summed E-state index contributed by atoms with van der Waals surface area (Å²) in [6.45, 7) is 6.96. The number of ether oxygens (including phenoxy) is 1. The van der Waals surface area contributed by atoms with Crippen molar-refractivity contribution in [2.24, 2.45) is 0 Å². The van der Waals surface area contributed by atoms with Crippen molar-refractivity contribution in [2.45, 2.75) is 33.8 Å². The van der Waals surface area contributed by atoms with E-state index in [1.54, 1.807) is 37.3 Å². The summed E-state index contributed by atoms with van der Waals surface area (Å²) in [7, 11) is 0. The summed E-state index contributed by atoms with van der Waals surface area (Å²) in [5.41, 5.74) is 3.66. The van der Waals surface area contributed by atoms with E-state index < -0.39 is 6.10 Å². The predicted octanol–water partition coefficient (Wildman–Crippen LogP) is 3.21. The van der Waals surface area contributed by atoms with Gasteiger partial charge < -0.3 is 15.4 Å². The fourth-order valence-corrected chi connectivity index (χ4v) is 2.82. The summed E-state index contributed by atoms with van der Waals surface area (Å²) in [6.07, 6.45) is -0.853. The van der Waals surface area contributed by atoms with Gasteiger partial charge in [-0.15, -0.1) is 5.10 Å². The Kier molecular flexibility index (Phi) is 6.49. The molecule has 8 heteroatoms. The highest BCUT2D eigenvalue weighted by Gasteiger charge is 2.16. The number of carbonyl (C=O) groups excluding carboxylic acids is 2. The Morgan fingerprint density at radius 2 is 1.58 bits per heavy atom. The Labute approximate surface area is 179 Å². The van der Waals surface area contributed by atoms with Crippen LogP contribution in [-0.4, -0.2) is 27.7 Å². The molecule has 160 valence electrons. The first-order valence-electron chi connectivity index (χ1n) is 9.76. The van der Waals surface area contributed by atoms with Gasteiger partial charge in [-0.05, 0) is 68.3 Å². The summed E-state index contributed by atoms with van der Waals surface area (Å²) in [5.74, 6) is -0.395. The number of nitrogens with one attached hydrogen (secondary N) is 2. The van der Waals surface area contributed by atoms with Crippen molar-refractivity contribution < 1.29 is 14.3 Å². The standard InChI is InChI=1S/C23H24N4O4/c1-14-5-10-20(13-15(14)2)27-22(29)12-11-21(26-27)31-16(3)23(30)25-19-8-6-18(7-9-19)24-17(4)28/h5-13,16H,1-4H3,(H,24,28)(H,25,30)/t16-/m0/s1. The van der Waals surface area contributed by atoms with Crippen molar-refractivity contribution in [3.63, 3.8) is 0 Å². The van der Waals surface area contributed by atoms with Crippen LogP contribution in [0.4, 0.5) is 11.4 Å². The maximum atomic E-state index is 12.5. The quantitative estimate of drug-likeness (QED) is 0.638. The van der Waals surface area contributed by atoms with Crippen LogP contribution in [0.1, 0.15) is 25.0 Å². The molecule has 0 bridgehead atoms. The molecule has 0 aliphatic heterocycles. The lowest BCUT2D eigenvalue weighted by Crippen LogP contribution is -2.31. The second kappa shape index (κ2) is 9.25. The molecule has 0 saturated heterocycles. The van der Waals surface area contributed by atoms with Crippen LogP contribution in [-0.2, 0) is 9.59 Å². The van der Waals surface area contributed by atoms with Crippen molar-refractivity contribution in [2.75, 3.05) is 10.6 Å². The van der Waals surface area contributed by atoms with Crippen LogP contribution in [0.3, 0.4) is 0 Å². The highest BCUT2D eigenvalue weighted by atomic mass is 16.5. The average Bonchev–Trinajstić information content (AvgIpc) is 2.72. The molecule has 0 fully saturated rings. The zero-order valence-electron chi connectivity index (χ0n) is 17.8. The third-order valence-electron chi connectivity index (χ3n) is 4.65. The molecule has 0 aliphatic rings. The molecule has 0 unspecified atom stereocenters. The van der Waals surface area contributed by atoms with Crippen LogP contribution < -0.4 is 20.9 Å². The molecule has 2 amide bonds. The van der Waals surface area contributed by atoms with Crippen LogP contribution >= 0.6 is 0 Å². The molecule has 2 N–H and O–H groups in total. The molecule has 31 heavy (non-hydrogen) atoms. The summed E-state index contributed by atoms with van der Waals surface area (Å²) < 4.78 is 6.90. The van der Waals surface area contributed by atoms with Crippen molar-refractivity contribution in [3.8, 4) is 11.6 Å². The van der Waals surface area contributed by atoms with Crippen molar-refractivity contribution in [1.82, 2.24) is 9.78 Å². The number of carbonyl (C=O) groups is 2. The minimum absolute atomic E-state index is 0.154. The number of nitrogens with zero attached hydrogens (tertiary/aromatic N) is 2. The Morgan fingerprint density at radius 1 is 0.935 bits per heavy atom. The van der Waals surface area contributed by atoms with Gasteiger partial charge >= 0.3 is 0 Å². The lowest BCUT2D eigenvalue weighted by molar-refractivity contribution is -0.122. The largest absolute Gasteiger partial charge is 0.463 e. The third kappa shape index (κ3) is 5.57. The molecule has 1 aromatic heterocycles. The van der Waals surface area contributed by atoms with E-state index >= 15 is 0 Å². The molecule has 0 spiro atoms. The molecule has 0 saturated carbocycles. The number of anilines is 2. The third-order valence-corrected chi connectivity index (χ3v) is 4.65. The van der Waals surface area contributed by atoms with Gasteiger partial charge in [0.1, 0.15) is 0 Å². The van der Waals surface area contributed by atoms with E-state index in [9.17, 15) is 14.4 Å². The number of rotatable bonds is 6. The number of amides is 2. The highest BCUT2D eigenvalue weighted by Crippen LogP contribution is 2.16. The fraction of sp³-hybridized carbons (Fsp3) is 0.217. The molecule has 0 radical (unpaired) electrons. The summed E-state index contributed by atoms with van der Waals surface area (Å²) in [4.78, 5) is 35.8. The topological polar surface area (TPSA) is 102 Å². The monoisotopic (exact) mass is 420 g/mol. The molecule has 2 aromatic carbocycles. The van der Waals surface area contributed by atoms with E-state index in [-0.39, 0.29) is 23.3 Å². The zero-order valence-corrected chi connectivity index (χ0v) is 17.8. The van der Waals surface area contributed by atoms with Crippen LogP contribution in [0.25, 0.3) is 5.69 Å². The van der Waals surface area contributed by atoms with Crippen LogP contribution in [0.15, 0.2) is 59.4 Å². The highest BCUT2D eigenvalue weighted by molar-refractivity contribution is 5.94. The van der Waals surface area contributed by atoms with Gasteiger partial charge in [0.15, 0.2) is 6.10 Å².